The smallest absolute Gasteiger partial charge is 0.488 e. The second-order valence-corrected chi connectivity index (χ2v) is 12.1. The Kier molecular flexibility index (Phi) is 6.31. The van der Waals surface area contributed by atoms with Gasteiger partial charge in [0.05, 0.1) is 24.6 Å². The number of hydrogen-bond acceptors (Lipinski definition) is 8. The van der Waals surface area contributed by atoms with E-state index in [1.807, 2.05) is 0 Å². The molecule has 212 valence electrons. The number of phenols is 1. The topological polar surface area (TPSA) is 145 Å². The predicted molar refractivity (Wildman–Crippen MR) is 149 cm³/mol. The molecule has 1 saturated carbocycles. The zero-order valence-corrected chi connectivity index (χ0v) is 23.5. The van der Waals surface area contributed by atoms with E-state index in [-0.39, 0.29) is 35.3 Å². The fraction of sp³-hybridized carbons (Fsp3) is 0.357. The van der Waals surface area contributed by atoms with E-state index in [1.165, 1.54) is 56.6 Å². The molecule has 2 aromatic rings. The normalized spacial score (nSPS) is 32.5. The molecule has 0 bridgehead atoms. The first-order valence-electron chi connectivity index (χ1n) is 13.0. The standard InChI is InChI=1S/C28H25BCl2N2O8/c1-32-25(37)27(30)12-19-16(22(28(27,31)26(32)38)18-11-15(41-2)6-9-20(18)34)7-8-17-21(19)24(36)33(23(17)35)14-5-3-4-13(10-14)29(39)40/h3-7,9-11,17,19,21-22,34,39-40H,8,12H2,1-2H3. The second kappa shape index (κ2) is 9.32. The number of amides is 4. The van der Waals surface area contributed by atoms with E-state index in [1.54, 1.807) is 6.08 Å². The van der Waals surface area contributed by atoms with Gasteiger partial charge in [-0.2, -0.15) is 0 Å². The lowest BCUT2D eigenvalue weighted by molar-refractivity contribution is -0.138. The summed E-state index contributed by atoms with van der Waals surface area (Å²) in [6.07, 6.45) is 1.71. The highest BCUT2D eigenvalue weighted by molar-refractivity contribution is 6.58. The molecule has 2 aliphatic carbocycles. The summed E-state index contributed by atoms with van der Waals surface area (Å²) in [5.74, 6) is -5.94. The van der Waals surface area contributed by atoms with Gasteiger partial charge in [-0.15, -0.1) is 23.2 Å². The number of ether oxygens (including phenoxy) is 1. The van der Waals surface area contributed by atoms with Gasteiger partial charge in [0.2, 0.25) is 11.8 Å². The highest BCUT2D eigenvalue weighted by Crippen LogP contribution is 2.66. The molecule has 10 nitrogen and oxygen atoms in total. The number of halogens is 2. The molecule has 4 aliphatic rings. The van der Waals surface area contributed by atoms with E-state index in [4.69, 9.17) is 27.9 Å². The summed E-state index contributed by atoms with van der Waals surface area (Å²) < 4.78 is 5.36. The van der Waals surface area contributed by atoms with Crippen molar-refractivity contribution in [1.82, 2.24) is 4.90 Å². The number of nitrogens with zero attached hydrogens (tertiary/aromatic N) is 2. The van der Waals surface area contributed by atoms with Gasteiger partial charge in [0, 0.05) is 18.5 Å². The summed E-state index contributed by atoms with van der Waals surface area (Å²) in [5.41, 5.74) is 1.01. The molecule has 0 radical (unpaired) electrons. The van der Waals surface area contributed by atoms with Gasteiger partial charge in [0.15, 0.2) is 9.75 Å². The Hall–Kier alpha value is -3.38. The minimum Gasteiger partial charge on any atom is -0.508 e. The first kappa shape index (κ1) is 27.8. The van der Waals surface area contributed by atoms with Crippen LogP contribution in [0.15, 0.2) is 54.1 Å². The monoisotopic (exact) mass is 598 g/mol. The first-order chi connectivity index (χ1) is 19.4. The van der Waals surface area contributed by atoms with Crippen LogP contribution in [0.5, 0.6) is 11.5 Å². The van der Waals surface area contributed by atoms with Crippen LogP contribution in [0.1, 0.15) is 24.3 Å². The van der Waals surface area contributed by atoms with Crippen LogP contribution in [0.4, 0.5) is 5.69 Å². The molecule has 6 atom stereocenters. The van der Waals surface area contributed by atoms with Gasteiger partial charge < -0.3 is 19.9 Å². The summed E-state index contributed by atoms with van der Waals surface area (Å²) in [6, 6.07) is 10.3. The summed E-state index contributed by atoms with van der Waals surface area (Å²) >= 11 is 14.3. The number of rotatable bonds is 4. The number of phenolic OH excluding ortho intramolecular Hbond substituents is 1. The number of hydrogen-bond donors (Lipinski definition) is 3. The number of carbonyl (C=O) groups is 4. The minimum absolute atomic E-state index is 0.104. The molecule has 4 amide bonds. The lowest BCUT2D eigenvalue weighted by Gasteiger charge is -2.50. The van der Waals surface area contributed by atoms with Crippen LogP contribution < -0.4 is 15.1 Å². The Bertz CT molecular complexity index is 1570. The van der Waals surface area contributed by atoms with Crippen molar-refractivity contribution in [1.29, 1.82) is 0 Å². The summed E-state index contributed by atoms with van der Waals surface area (Å²) in [6.45, 7) is 0. The fourth-order valence-corrected chi connectivity index (χ4v) is 8.07. The Morgan fingerprint density at radius 2 is 1.73 bits per heavy atom. The molecule has 2 aromatic carbocycles. The van der Waals surface area contributed by atoms with E-state index in [0.29, 0.717) is 11.3 Å². The summed E-state index contributed by atoms with van der Waals surface area (Å²) in [5, 5.41) is 30.2. The number of imide groups is 2. The highest BCUT2D eigenvalue weighted by atomic mass is 35.5. The molecule has 6 rings (SSSR count). The van der Waals surface area contributed by atoms with Crippen molar-refractivity contribution in [2.24, 2.45) is 17.8 Å². The van der Waals surface area contributed by atoms with E-state index in [9.17, 15) is 34.3 Å². The van der Waals surface area contributed by atoms with E-state index in [2.05, 4.69) is 0 Å². The van der Waals surface area contributed by atoms with Crippen molar-refractivity contribution in [3.05, 3.63) is 59.7 Å². The van der Waals surface area contributed by atoms with E-state index >= 15 is 0 Å². The van der Waals surface area contributed by atoms with Gasteiger partial charge in [-0.3, -0.25) is 29.0 Å². The number of alkyl halides is 2. The largest absolute Gasteiger partial charge is 0.508 e. The molecule has 0 aromatic heterocycles. The van der Waals surface area contributed by atoms with Crippen LogP contribution in [0.3, 0.4) is 0 Å². The molecule has 13 heteroatoms. The van der Waals surface area contributed by atoms with Gasteiger partial charge in [-0.1, -0.05) is 23.8 Å². The molecular formula is C28H25BCl2N2O8. The number of benzene rings is 2. The summed E-state index contributed by atoms with van der Waals surface area (Å²) in [7, 11) is 0.922. The third-order valence-corrected chi connectivity index (χ3v) is 10.4. The quantitative estimate of drug-likeness (QED) is 0.207. The molecule has 0 spiro atoms. The van der Waals surface area contributed by atoms with Crippen LogP contribution in [-0.4, -0.2) is 74.7 Å². The average molecular weight is 599 g/mol. The highest BCUT2D eigenvalue weighted by Gasteiger charge is 2.76. The van der Waals surface area contributed by atoms with Crippen LogP contribution >= 0.6 is 23.2 Å². The van der Waals surface area contributed by atoms with Gasteiger partial charge >= 0.3 is 7.12 Å². The number of allylic oxidation sites excluding steroid dienone is 2. The zero-order valence-electron chi connectivity index (χ0n) is 22.0. The average Bonchev–Trinajstić information content (AvgIpc) is 3.28. The van der Waals surface area contributed by atoms with Gasteiger partial charge in [-0.25, -0.2) is 0 Å². The molecular weight excluding hydrogens is 574 g/mol. The Morgan fingerprint density at radius 3 is 2.41 bits per heavy atom. The molecule has 3 N–H and O–H groups in total. The lowest BCUT2D eigenvalue weighted by atomic mass is 9.56. The SMILES string of the molecule is COc1ccc(O)c(C2C3=CCC4C(=O)N(c5cccc(B(O)O)c5)C(=O)C4C3CC3(Cl)C(=O)N(C)C(=O)C23Cl)c1. The predicted octanol–water partition coefficient (Wildman–Crippen LogP) is 1.27. The Morgan fingerprint density at radius 1 is 1.00 bits per heavy atom. The third kappa shape index (κ3) is 3.59. The molecule has 41 heavy (non-hydrogen) atoms. The fourth-order valence-electron chi connectivity index (χ4n) is 7.06. The maximum Gasteiger partial charge on any atom is 0.488 e. The van der Waals surface area contributed by atoms with Crippen molar-refractivity contribution in [2.45, 2.75) is 28.5 Å². The van der Waals surface area contributed by atoms with E-state index < -0.39 is 64.2 Å². The van der Waals surface area contributed by atoms with Crippen molar-refractivity contribution in [2.75, 3.05) is 19.1 Å². The van der Waals surface area contributed by atoms with E-state index in [0.717, 1.165) is 9.80 Å². The molecule has 6 unspecified atom stereocenters. The zero-order chi connectivity index (χ0) is 29.6. The number of anilines is 1. The van der Waals surface area contributed by atoms with Gasteiger partial charge in [-0.05, 0) is 54.6 Å². The maximum atomic E-state index is 14.0. The van der Waals surface area contributed by atoms with Crippen molar-refractivity contribution in [3.8, 4) is 11.5 Å². The number of aromatic hydroxyl groups is 1. The van der Waals surface area contributed by atoms with Crippen molar-refractivity contribution >= 4 is 65.1 Å². The lowest BCUT2D eigenvalue weighted by Crippen LogP contribution is -2.60. The van der Waals surface area contributed by atoms with Crippen LogP contribution in [0, 0.1) is 17.8 Å². The number of likely N-dealkylation sites (tertiary alicyclic amines) is 1. The number of methoxy groups -OCH3 is 1. The molecule has 3 fully saturated rings. The molecule has 2 heterocycles. The third-order valence-electron chi connectivity index (χ3n) is 8.99. The first-order valence-corrected chi connectivity index (χ1v) is 13.7. The Balaban J connectivity index is 1.51. The Labute approximate surface area is 245 Å². The van der Waals surface area contributed by atoms with Crippen LogP contribution in [0.25, 0.3) is 0 Å². The minimum atomic E-state index is -2.03. The number of carbonyl (C=O) groups excluding carboxylic acids is 4. The van der Waals surface area contributed by atoms with Crippen LogP contribution in [-0.2, 0) is 19.2 Å². The summed E-state index contributed by atoms with van der Waals surface area (Å²) in [4.78, 5) is 52.7. The maximum absolute atomic E-state index is 14.0. The molecule has 2 saturated heterocycles. The van der Waals surface area contributed by atoms with Crippen LogP contribution in [0.2, 0.25) is 0 Å². The van der Waals surface area contributed by atoms with Gasteiger partial charge in [0.25, 0.3) is 11.8 Å². The molecule has 2 aliphatic heterocycles. The van der Waals surface area contributed by atoms with Gasteiger partial charge in [0.1, 0.15) is 11.5 Å². The number of fused-ring (bicyclic) bond motifs is 4. The van der Waals surface area contributed by atoms with Crippen molar-refractivity contribution in [3.63, 3.8) is 0 Å². The van der Waals surface area contributed by atoms with Crippen molar-refractivity contribution < 1.29 is 39.1 Å². The second-order valence-electron chi connectivity index (χ2n) is 10.9.